The molecule has 6 heteroatoms. The first-order valence-corrected chi connectivity index (χ1v) is 7.80. The van der Waals surface area contributed by atoms with Crippen molar-refractivity contribution in [3.05, 3.63) is 0 Å². The van der Waals surface area contributed by atoms with Crippen molar-refractivity contribution in [1.29, 1.82) is 0 Å². The lowest BCUT2D eigenvalue weighted by atomic mass is 10.0. The van der Waals surface area contributed by atoms with E-state index in [-0.39, 0.29) is 24.5 Å². The molecule has 0 spiro atoms. The quantitative estimate of drug-likeness (QED) is 0.693. The van der Waals surface area contributed by atoms with Crippen molar-refractivity contribution in [3.63, 3.8) is 0 Å². The predicted molar refractivity (Wildman–Crippen MR) is 79.9 cm³/mol. The first kappa shape index (κ1) is 16.2. The van der Waals surface area contributed by atoms with E-state index in [1.54, 1.807) is 14.1 Å². The zero-order valence-corrected chi connectivity index (χ0v) is 13.4. The second-order valence-electron chi connectivity index (χ2n) is 6.33. The summed E-state index contributed by atoms with van der Waals surface area (Å²) in [4.78, 5) is 29.8. The molecule has 2 heterocycles. The zero-order chi connectivity index (χ0) is 15.4. The molecule has 2 aliphatic heterocycles. The third-order valence-electron chi connectivity index (χ3n) is 4.56. The molecule has 0 N–H and O–H groups in total. The van der Waals surface area contributed by atoms with Crippen molar-refractivity contribution >= 4 is 11.9 Å². The average Bonchev–Trinajstić information content (AvgIpc) is 2.94. The lowest BCUT2D eigenvalue weighted by molar-refractivity contribution is -0.155. The topological polar surface area (TPSA) is 53.1 Å². The monoisotopic (exact) mass is 297 g/mol. The predicted octanol–water partition coefficient (Wildman–Crippen LogP) is 0.176. The highest BCUT2D eigenvalue weighted by atomic mass is 16.5. The fraction of sp³-hybridized carbons (Fsp3) is 0.867. The van der Waals surface area contributed by atoms with Crippen LogP contribution in [0.3, 0.4) is 0 Å². The Labute approximate surface area is 127 Å². The maximum absolute atomic E-state index is 12.2. The van der Waals surface area contributed by atoms with Crippen LogP contribution < -0.4 is 0 Å². The third kappa shape index (κ3) is 4.17. The molecule has 0 saturated carbocycles. The molecular formula is C15H27N3O3. The number of carbonyl (C=O) groups excluding carboxylic acids is 2. The highest BCUT2D eigenvalue weighted by Crippen LogP contribution is 2.26. The van der Waals surface area contributed by atoms with Crippen molar-refractivity contribution in [2.24, 2.45) is 0 Å². The highest BCUT2D eigenvalue weighted by molar-refractivity contribution is 5.82. The van der Waals surface area contributed by atoms with Crippen LogP contribution in [0.1, 0.15) is 25.7 Å². The Morgan fingerprint density at radius 1 is 1.14 bits per heavy atom. The van der Waals surface area contributed by atoms with Crippen LogP contribution in [0.15, 0.2) is 0 Å². The molecular weight excluding hydrogens is 270 g/mol. The lowest BCUT2D eigenvalue weighted by Crippen LogP contribution is -2.48. The number of rotatable bonds is 4. The molecule has 1 unspecified atom stereocenters. The van der Waals surface area contributed by atoms with Crippen molar-refractivity contribution < 1.29 is 14.3 Å². The molecule has 1 atom stereocenters. The molecule has 1 amide bonds. The third-order valence-corrected chi connectivity index (χ3v) is 4.56. The van der Waals surface area contributed by atoms with Crippen LogP contribution in [0, 0.1) is 0 Å². The van der Waals surface area contributed by atoms with Crippen molar-refractivity contribution in [2.75, 3.05) is 47.4 Å². The summed E-state index contributed by atoms with van der Waals surface area (Å²) in [5.74, 6) is -0.409. The Kier molecular flexibility index (Phi) is 5.58. The van der Waals surface area contributed by atoms with Gasteiger partial charge in [0, 0.05) is 20.1 Å². The molecule has 0 aromatic heterocycles. The van der Waals surface area contributed by atoms with Crippen molar-refractivity contribution in [2.45, 2.75) is 37.8 Å². The van der Waals surface area contributed by atoms with Gasteiger partial charge in [-0.3, -0.25) is 14.5 Å². The van der Waals surface area contributed by atoms with E-state index in [2.05, 4.69) is 16.8 Å². The average molecular weight is 297 g/mol. The first-order valence-electron chi connectivity index (χ1n) is 7.80. The summed E-state index contributed by atoms with van der Waals surface area (Å²) in [7, 11) is 5.46. The highest BCUT2D eigenvalue weighted by Gasteiger charge is 2.37. The zero-order valence-electron chi connectivity index (χ0n) is 13.4. The summed E-state index contributed by atoms with van der Waals surface area (Å²) in [5, 5.41) is 0. The minimum absolute atomic E-state index is 0.149. The number of piperidine rings is 1. The van der Waals surface area contributed by atoms with E-state index in [4.69, 9.17) is 4.74 Å². The van der Waals surface area contributed by atoms with E-state index in [1.165, 1.54) is 4.90 Å². The molecule has 120 valence electrons. The first-order chi connectivity index (χ1) is 9.99. The van der Waals surface area contributed by atoms with E-state index in [1.807, 2.05) is 0 Å². The van der Waals surface area contributed by atoms with Gasteiger partial charge in [0.1, 0.15) is 6.04 Å². The molecule has 6 nitrogen and oxygen atoms in total. The second-order valence-corrected chi connectivity index (χ2v) is 6.33. The van der Waals surface area contributed by atoms with Crippen LogP contribution in [-0.2, 0) is 14.3 Å². The lowest BCUT2D eigenvalue weighted by Gasteiger charge is -2.37. The minimum atomic E-state index is -0.235. The van der Waals surface area contributed by atoms with Gasteiger partial charge in [0.25, 0.3) is 5.91 Å². The van der Waals surface area contributed by atoms with Gasteiger partial charge in [0.15, 0.2) is 6.61 Å². The Balaban J connectivity index is 1.86. The van der Waals surface area contributed by atoms with Gasteiger partial charge in [0.05, 0.1) is 0 Å². The number of likely N-dealkylation sites (tertiary alicyclic amines) is 2. The summed E-state index contributed by atoms with van der Waals surface area (Å²) in [6, 6.07) is 0.319. The van der Waals surface area contributed by atoms with Gasteiger partial charge in [-0.05, 0) is 52.4 Å². The normalized spacial score (nSPS) is 25.0. The maximum Gasteiger partial charge on any atom is 0.323 e. The van der Waals surface area contributed by atoms with Crippen LogP contribution in [0.5, 0.6) is 0 Å². The number of hydrogen-bond donors (Lipinski definition) is 0. The van der Waals surface area contributed by atoms with Crippen LogP contribution >= 0.6 is 0 Å². The number of carbonyl (C=O) groups is 2. The van der Waals surface area contributed by atoms with Gasteiger partial charge < -0.3 is 14.5 Å². The molecule has 2 fully saturated rings. The largest absolute Gasteiger partial charge is 0.454 e. The Morgan fingerprint density at radius 3 is 2.43 bits per heavy atom. The SMILES string of the molecule is CN1CCC(N2CCCC2C(=O)OCC(=O)N(C)C)CC1. The number of esters is 1. The number of likely N-dealkylation sites (N-methyl/N-ethyl adjacent to an activating group) is 1. The minimum Gasteiger partial charge on any atom is -0.454 e. The van der Waals surface area contributed by atoms with E-state index >= 15 is 0 Å². The van der Waals surface area contributed by atoms with E-state index in [0.717, 1.165) is 45.3 Å². The van der Waals surface area contributed by atoms with Crippen molar-refractivity contribution in [1.82, 2.24) is 14.7 Å². The summed E-state index contributed by atoms with van der Waals surface area (Å²) in [5.41, 5.74) is 0. The summed E-state index contributed by atoms with van der Waals surface area (Å²) in [6.07, 6.45) is 4.10. The molecule has 0 aromatic rings. The fourth-order valence-electron chi connectivity index (χ4n) is 3.16. The number of ether oxygens (including phenoxy) is 1. The number of hydrogen-bond acceptors (Lipinski definition) is 5. The maximum atomic E-state index is 12.2. The van der Waals surface area contributed by atoms with Crippen LogP contribution in [-0.4, -0.2) is 86.0 Å². The molecule has 2 rings (SSSR count). The van der Waals surface area contributed by atoms with E-state index in [9.17, 15) is 9.59 Å². The molecule has 0 aromatic carbocycles. The molecule has 2 saturated heterocycles. The summed E-state index contributed by atoms with van der Waals surface area (Å²) < 4.78 is 5.21. The Bertz CT molecular complexity index is 378. The van der Waals surface area contributed by atoms with Gasteiger partial charge in [-0.15, -0.1) is 0 Å². The molecule has 0 bridgehead atoms. The standard InChI is InChI=1S/C15H27N3O3/c1-16(2)14(19)11-21-15(20)13-5-4-8-18(13)12-6-9-17(3)10-7-12/h12-13H,4-11H2,1-3H3. The van der Waals surface area contributed by atoms with E-state index in [0.29, 0.717) is 6.04 Å². The molecule has 21 heavy (non-hydrogen) atoms. The van der Waals surface area contributed by atoms with E-state index < -0.39 is 0 Å². The van der Waals surface area contributed by atoms with Crippen LogP contribution in [0.25, 0.3) is 0 Å². The van der Waals surface area contributed by atoms with Gasteiger partial charge in [-0.1, -0.05) is 0 Å². The van der Waals surface area contributed by atoms with Gasteiger partial charge in [-0.2, -0.15) is 0 Å². The van der Waals surface area contributed by atoms with Crippen molar-refractivity contribution in [3.8, 4) is 0 Å². The van der Waals surface area contributed by atoms with Gasteiger partial charge in [0.2, 0.25) is 0 Å². The molecule has 0 radical (unpaired) electrons. The Morgan fingerprint density at radius 2 is 1.81 bits per heavy atom. The molecule has 0 aliphatic carbocycles. The van der Waals surface area contributed by atoms with Crippen LogP contribution in [0.2, 0.25) is 0 Å². The van der Waals surface area contributed by atoms with Gasteiger partial charge in [-0.25, -0.2) is 0 Å². The number of amides is 1. The Hall–Kier alpha value is -1.14. The number of nitrogens with zero attached hydrogens (tertiary/aromatic N) is 3. The fourth-order valence-corrected chi connectivity index (χ4v) is 3.16. The molecule has 2 aliphatic rings. The summed E-state index contributed by atoms with van der Waals surface area (Å²) >= 11 is 0. The second kappa shape index (κ2) is 7.22. The van der Waals surface area contributed by atoms with Crippen LogP contribution in [0.4, 0.5) is 0 Å². The smallest absolute Gasteiger partial charge is 0.323 e. The summed E-state index contributed by atoms with van der Waals surface area (Å²) in [6.45, 7) is 2.99. The van der Waals surface area contributed by atoms with Gasteiger partial charge >= 0.3 is 5.97 Å².